The van der Waals surface area contributed by atoms with E-state index in [2.05, 4.69) is 22.4 Å². The number of ether oxygens (including phenoxy) is 1. The predicted octanol–water partition coefficient (Wildman–Crippen LogP) is 2.73. The second kappa shape index (κ2) is 6.20. The fourth-order valence-corrected chi connectivity index (χ4v) is 1.92. The van der Waals surface area contributed by atoms with Gasteiger partial charge in [-0.2, -0.15) is 0 Å². The molecule has 0 radical (unpaired) electrons. The second-order valence-electron chi connectivity index (χ2n) is 4.45. The number of benzene rings is 1. The van der Waals surface area contributed by atoms with Gasteiger partial charge in [0.25, 0.3) is 0 Å². The Morgan fingerprint density at radius 2 is 1.95 bits per heavy atom. The van der Waals surface area contributed by atoms with Crippen molar-refractivity contribution in [3.8, 4) is 0 Å². The summed E-state index contributed by atoms with van der Waals surface area (Å²) in [5.74, 6) is 0.729. The number of anilines is 2. The van der Waals surface area contributed by atoms with Crippen LogP contribution in [0.4, 0.5) is 11.5 Å². The fraction of sp³-hybridized carbons (Fsp3) is 0.267. The van der Waals surface area contributed by atoms with Crippen LogP contribution in [0.15, 0.2) is 36.5 Å². The lowest BCUT2D eigenvalue weighted by atomic mass is 10.1. The molecule has 0 aliphatic carbocycles. The number of nitrogens with two attached hydrogens (primary N) is 1. The Bertz CT molecular complexity index is 555. The van der Waals surface area contributed by atoms with E-state index in [0.29, 0.717) is 18.8 Å². The molecule has 1 aromatic carbocycles. The van der Waals surface area contributed by atoms with E-state index < -0.39 is 0 Å². The molecule has 0 aliphatic rings. The molecule has 0 saturated heterocycles. The molecule has 19 heavy (non-hydrogen) atoms. The summed E-state index contributed by atoms with van der Waals surface area (Å²) in [6.45, 7) is 3.26. The van der Waals surface area contributed by atoms with Crippen LogP contribution in [0, 0.1) is 6.92 Å². The van der Waals surface area contributed by atoms with E-state index in [0.717, 1.165) is 11.4 Å². The maximum atomic E-state index is 5.99. The van der Waals surface area contributed by atoms with Crippen LogP contribution in [0.3, 0.4) is 0 Å². The highest BCUT2D eigenvalue weighted by molar-refractivity contribution is 5.65. The van der Waals surface area contributed by atoms with E-state index in [1.54, 1.807) is 13.3 Å². The van der Waals surface area contributed by atoms with Crippen LogP contribution in [-0.2, 0) is 17.9 Å². The van der Waals surface area contributed by atoms with Crippen molar-refractivity contribution >= 4 is 11.5 Å². The van der Waals surface area contributed by atoms with Gasteiger partial charge in [-0.3, -0.25) is 0 Å². The van der Waals surface area contributed by atoms with E-state index in [1.807, 2.05) is 25.1 Å². The molecule has 1 aromatic heterocycles. The lowest BCUT2D eigenvalue weighted by Gasteiger charge is -2.12. The summed E-state index contributed by atoms with van der Waals surface area (Å²) in [7, 11) is 1.70. The SMILES string of the molecule is COCc1ccccc1CNc1nccc(C)c1N. The van der Waals surface area contributed by atoms with Crippen LogP contribution in [0.1, 0.15) is 16.7 Å². The van der Waals surface area contributed by atoms with Gasteiger partial charge in [-0.15, -0.1) is 0 Å². The van der Waals surface area contributed by atoms with E-state index >= 15 is 0 Å². The molecule has 0 amide bonds. The van der Waals surface area contributed by atoms with E-state index in [4.69, 9.17) is 10.5 Å². The predicted molar refractivity (Wildman–Crippen MR) is 77.9 cm³/mol. The van der Waals surface area contributed by atoms with Gasteiger partial charge < -0.3 is 15.8 Å². The van der Waals surface area contributed by atoms with Gasteiger partial charge in [0.05, 0.1) is 12.3 Å². The van der Waals surface area contributed by atoms with E-state index in [9.17, 15) is 0 Å². The lowest BCUT2D eigenvalue weighted by molar-refractivity contribution is 0.184. The van der Waals surface area contributed by atoms with E-state index in [1.165, 1.54) is 11.1 Å². The quantitative estimate of drug-likeness (QED) is 0.864. The first kappa shape index (κ1) is 13.4. The molecule has 0 unspecified atom stereocenters. The molecular formula is C15H19N3O. The Labute approximate surface area is 113 Å². The summed E-state index contributed by atoms with van der Waals surface area (Å²) < 4.78 is 5.20. The summed E-state index contributed by atoms with van der Waals surface area (Å²) in [6, 6.07) is 10.1. The first-order valence-electron chi connectivity index (χ1n) is 6.23. The minimum Gasteiger partial charge on any atom is -0.396 e. The number of hydrogen-bond acceptors (Lipinski definition) is 4. The normalized spacial score (nSPS) is 10.4. The van der Waals surface area contributed by atoms with Crippen LogP contribution in [-0.4, -0.2) is 12.1 Å². The third kappa shape index (κ3) is 3.23. The smallest absolute Gasteiger partial charge is 0.149 e. The Kier molecular flexibility index (Phi) is 4.36. The van der Waals surface area contributed by atoms with Crippen LogP contribution >= 0.6 is 0 Å². The minimum absolute atomic E-state index is 0.606. The summed E-state index contributed by atoms with van der Waals surface area (Å²) in [5.41, 5.74) is 10.1. The molecule has 0 atom stereocenters. The van der Waals surface area contributed by atoms with Crippen molar-refractivity contribution in [2.24, 2.45) is 0 Å². The second-order valence-corrected chi connectivity index (χ2v) is 4.45. The molecule has 0 aliphatic heterocycles. The number of nitrogens with zero attached hydrogens (tertiary/aromatic N) is 1. The highest BCUT2D eigenvalue weighted by Crippen LogP contribution is 2.20. The van der Waals surface area contributed by atoms with Gasteiger partial charge in [0, 0.05) is 19.9 Å². The largest absolute Gasteiger partial charge is 0.396 e. The highest BCUT2D eigenvalue weighted by atomic mass is 16.5. The minimum atomic E-state index is 0.606. The van der Waals surface area contributed by atoms with Crippen molar-refractivity contribution in [1.29, 1.82) is 0 Å². The highest BCUT2D eigenvalue weighted by Gasteiger charge is 2.05. The van der Waals surface area contributed by atoms with Gasteiger partial charge in [0.2, 0.25) is 0 Å². The van der Waals surface area contributed by atoms with Crippen LogP contribution in [0.5, 0.6) is 0 Å². The number of hydrogen-bond donors (Lipinski definition) is 2. The maximum absolute atomic E-state index is 5.99. The van der Waals surface area contributed by atoms with Gasteiger partial charge >= 0.3 is 0 Å². The van der Waals surface area contributed by atoms with Gasteiger partial charge in [-0.1, -0.05) is 24.3 Å². The zero-order chi connectivity index (χ0) is 13.7. The van der Waals surface area contributed by atoms with Crippen LogP contribution in [0.25, 0.3) is 0 Å². The number of rotatable bonds is 5. The molecular weight excluding hydrogens is 238 g/mol. The molecule has 0 saturated carbocycles. The van der Waals surface area contributed by atoms with Gasteiger partial charge in [-0.05, 0) is 29.7 Å². The van der Waals surface area contributed by atoms with Crippen molar-refractivity contribution in [2.75, 3.05) is 18.2 Å². The molecule has 1 heterocycles. The molecule has 0 fully saturated rings. The lowest BCUT2D eigenvalue weighted by Crippen LogP contribution is -2.07. The standard InChI is InChI=1S/C15H19N3O/c1-11-7-8-17-15(14(11)16)18-9-12-5-3-4-6-13(12)10-19-2/h3-8H,9-10,16H2,1-2H3,(H,17,18). The first-order chi connectivity index (χ1) is 9.22. The van der Waals surface area contributed by atoms with E-state index in [-0.39, 0.29) is 0 Å². The number of aryl methyl sites for hydroxylation is 1. The van der Waals surface area contributed by atoms with Crippen molar-refractivity contribution in [2.45, 2.75) is 20.1 Å². The Morgan fingerprint density at radius 3 is 2.68 bits per heavy atom. The first-order valence-corrected chi connectivity index (χ1v) is 6.23. The summed E-state index contributed by atoms with van der Waals surface area (Å²) >= 11 is 0. The van der Waals surface area contributed by atoms with Crippen LogP contribution < -0.4 is 11.1 Å². The number of methoxy groups -OCH3 is 1. The molecule has 2 rings (SSSR count). The number of nitrogens with one attached hydrogen (secondary N) is 1. The number of pyridine rings is 1. The monoisotopic (exact) mass is 257 g/mol. The van der Waals surface area contributed by atoms with Crippen molar-refractivity contribution in [1.82, 2.24) is 4.98 Å². The topological polar surface area (TPSA) is 60.2 Å². The molecule has 0 spiro atoms. The molecule has 3 N–H and O–H groups in total. The molecule has 4 heteroatoms. The average Bonchev–Trinajstić information content (AvgIpc) is 2.42. The van der Waals surface area contributed by atoms with Crippen molar-refractivity contribution < 1.29 is 4.74 Å². The number of nitrogen functional groups attached to an aromatic ring is 1. The summed E-state index contributed by atoms with van der Waals surface area (Å²) in [6.07, 6.45) is 1.76. The summed E-state index contributed by atoms with van der Waals surface area (Å²) in [5, 5.41) is 3.28. The van der Waals surface area contributed by atoms with Crippen LogP contribution in [0.2, 0.25) is 0 Å². The van der Waals surface area contributed by atoms with Crippen molar-refractivity contribution in [3.05, 3.63) is 53.2 Å². The molecule has 2 aromatic rings. The summed E-state index contributed by atoms with van der Waals surface area (Å²) in [4.78, 5) is 4.26. The van der Waals surface area contributed by atoms with Crippen molar-refractivity contribution in [3.63, 3.8) is 0 Å². The zero-order valence-corrected chi connectivity index (χ0v) is 11.3. The van der Waals surface area contributed by atoms with Gasteiger partial charge in [0.15, 0.2) is 0 Å². The Hall–Kier alpha value is -2.07. The number of aromatic nitrogens is 1. The fourth-order valence-electron chi connectivity index (χ4n) is 1.92. The maximum Gasteiger partial charge on any atom is 0.149 e. The van der Waals surface area contributed by atoms with Gasteiger partial charge in [0.1, 0.15) is 5.82 Å². The Balaban J connectivity index is 2.12. The third-order valence-corrected chi connectivity index (χ3v) is 3.07. The molecule has 4 nitrogen and oxygen atoms in total. The Morgan fingerprint density at radius 1 is 1.21 bits per heavy atom. The average molecular weight is 257 g/mol. The zero-order valence-electron chi connectivity index (χ0n) is 11.3. The molecule has 100 valence electrons. The molecule has 0 bridgehead atoms. The third-order valence-electron chi connectivity index (χ3n) is 3.07. The van der Waals surface area contributed by atoms with Gasteiger partial charge in [-0.25, -0.2) is 4.98 Å².